The number of carbonyl (C=O) groups is 1. The largest absolute Gasteiger partial charge is 0.490 e. The molecular weight excluding hydrogens is 260 g/mol. The highest BCUT2D eigenvalue weighted by atomic mass is 16.5. The lowest BCUT2D eigenvalue weighted by Crippen LogP contribution is -2.10. The van der Waals surface area contributed by atoms with Gasteiger partial charge in [0.1, 0.15) is 0 Å². The lowest BCUT2D eigenvalue weighted by atomic mass is 10.0. The number of carboxylic acid groups (broad SMARTS) is 1. The Morgan fingerprint density at radius 3 is 2.00 bits per heavy atom. The van der Waals surface area contributed by atoms with Gasteiger partial charge in [-0.3, -0.25) is 0 Å². The van der Waals surface area contributed by atoms with Gasteiger partial charge < -0.3 is 19.3 Å². The van der Waals surface area contributed by atoms with Crippen molar-refractivity contribution in [3.63, 3.8) is 0 Å². The molecule has 1 aromatic carbocycles. The summed E-state index contributed by atoms with van der Waals surface area (Å²) in [5.74, 6) is 0.373. The van der Waals surface area contributed by atoms with E-state index in [-0.39, 0.29) is 5.56 Å². The molecule has 0 amide bonds. The van der Waals surface area contributed by atoms with Crippen molar-refractivity contribution in [1.29, 1.82) is 0 Å². The Labute approximate surface area is 119 Å². The van der Waals surface area contributed by atoms with Crippen molar-refractivity contribution < 1.29 is 24.1 Å². The minimum absolute atomic E-state index is 0.197. The average molecular weight is 282 g/mol. The normalized spacial score (nSPS) is 10.2. The van der Waals surface area contributed by atoms with E-state index in [1.165, 1.54) is 6.07 Å². The fraction of sp³-hybridized carbons (Fsp3) is 0.533. The van der Waals surface area contributed by atoms with Gasteiger partial charge in [-0.2, -0.15) is 0 Å². The molecule has 112 valence electrons. The topological polar surface area (TPSA) is 65.0 Å². The first-order chi connectivity index (χ1) is 9.60. The average Bonchev–Trinajstić information content (AvgIpc) is 2.42. The second kappa shape index (κ2) is 7.62. The van der Waals surface area contributed by atoms with Gasteiger partial charge in [-0.25, -0.2) is 4.79 Å². The molecular formula is C15H22O5. The first-order valence-electron chi connectivity index (χ1n) is 6.92. The fourth-order valence-corrected chi connectivity index (χ4v) is 2.04. The first-order valence-corrected chi connectivity index (χ1v) is 6.92. The second-order valence-corrected chi connectivity index (χ2v) is 4.02. The summed E-state index contributed by atoms with van der Waals surface area (Å²) < 4.78 is 16.7. The second-order valence-electron chi connectivity index (χ2n) is 4.02. The molecule has 0 spiro atoms. The molecule has 0 unspecified atom stereocenters. The molecule has 5 heteroatoms. The van der Waals surface area contributed by atoms with Crippen LogP contribution < -0.4 is 14.2 Å². The van der Waals surface area contributed by atoms with Gasteiger partial charge in [-0.1, -0.05) is 6.92 Å². The van der Waals surface area contributed by atoms with E-state index in [4.69, 9.17) is 14.2 Å². The molecule has 0 atom stereocenters. The van der Waals surface area contributed by atoms with Crippen LogP contribution in [0.25, 0.3) is 0 Å². The third-order valence-corrected chi connectivity index (χ3v) is 2.77. The number of rotatable bonds is 8. The Morgan fingerprint density at radius 2 is 1.55 bits per heavy atom. The SMILES string of the molecule is CCOc1cc(C(=O)O)c(CC)c(OCC)c1OCC. The van der Waals surface area contributed by atoms with Gasteiger partial charge >= 0.3 is 5.97 Å². The van der Waals surface area contributed by atoms with Crippen LogP contribution in [0.5, 0.6) is 17.2 Å². The highest BCUT2D eigenvalue weighted by Crippen LogP contribution is 2.43. The Hall–Kier alpha value is -1.91. The van der Waals surface area contributed by atoms with Gasteiger partial charge in [-0.15, -0.1) is 0 Å². The highest BCUT2D eigenvalue weighted by Gasteiger charge is 2.23. The van der Waals surface area contributed by atoms with Crippen molar-refractivity contribution in [2.75, 3.05) is 19.8 Å². The zero-order valence-electron chi connectivity index (χ0n) is 12.5. The zero-order chi connectivity index (χ0) is 15.1. The monoisotopic (exact) mass is 282 g/mol. The minimum atomic E-state index is -0.994. The molecule has 1 aromatic rings. The van der Waals surface area contributed by atoms with Crippen molar-refractivity contribution in [2.24, 2.45) is 0 Å². The van der Waals surface area contributed by atoms with Crippen LogP contribution in [0.4, 0.5) is 0 Å². The lowest BCUT2D eigenvalue weighted by Gasteiger charge is -2.19. The maximum Gasteiger partial charge on any atom is 0.336 e. The van der Waals surface area contributed by atoms with E-state index in [1.807, 2.05) is 27.7 Å². The smallest absolute Gasteiger partial charge is 0.336 e. The molecule has 1 rings (SSSR count). The van der Waals surface area contributed by atoms with Crippen LogP contribution in [0.1, 0.15) is 43.6 Å². The summed E-state index contributed by atoms with van der Waals surface area (Å²) in [5.41, 5.74) is 0.828. The van der Waals surface area contributed by atoms with Crippen molar-refractivity contribution in [2.45, 2.75) is 34.1 Å². The van der Waals surface area contributed by atoms with Crippen LogP contribution in [-0.4, -0.2) is 30.9 Å². The van der Waals surface area contributed by atoms with E-state index in [9.17, 15) is 9.90 Å². The molecule has 5 nitrogen and oxygen atoms in total. The van der Waals surface area contributed by atoms with Crippen molar-refractivity contribution in [1.82, 2.24) is 0 Å². The van der Waals surface area contributed by atoms with Gasteiger partial charge in [0, 0.05) is 5.56 Å². The van der Waals surface area contributed by atoms with Crippen LogP contribution in [0, 0.1) is 0 Å². The van der Waals surface area contributed by atoms with E-state index in [1.54, 1.807) is 0 Å². The highest BCUT2D eigenvalue weighted by molar-refractivity contribution is 5.92. The minimum Gasteiger partial charge on any atom is -0.490 e. The predicted octanol–water partition coefficient (Wildman–Crippen LogP) is 3.14. The number of ether oxygens (including phenoxy) is 3. The molecule has 0 fully saturated rings. The molecule has 0 saturated carbocycles. The molecule has 1 N–H and O–H groups in total. The summed E-state index contributed by atoms with van der Waals surface area (Å²) in [6, 6.07) is 1.51. The van der Waals surface area contributed by atoms with Crippen LogP contribution in [0.15, 0.2) is 6.07 Å². The van der Waals surface area contributed by atoms with Gasteiger partial charge in [0.2, 0.25) is 5.75 Å². The Kier molecular flexibility index (Phi) is 6.15. The van der Waals surface area contributed by atoms with Gasteiger partial charge in [-0.05, 0) is 33.3 Å². The van der Waals surface area contributed by atoms with Gasteiger partial charge in [0.25, 0.3) is 0 Å². The standard InChI is InChI=1S/C15H22O5/c1-5-10-11(15(16)17)9-12(18-6-2)14(20-8-4)13(10)19-7-3/h9H,5-8H2,1-4H3,(H,16,17). The van der Waals surface area contributed by atoms with E-state index in [0.717, 1.165) is 0 Å². The molecule has 0 aromatic heterocycles. The maximum absolute atomic E-state index is 11.4. The number of carboxylic acids is 1. The molecule has 0 heterocycles. The van der Waals surface area contributed by atoms with Crippen molar-refractivity contribution >= 4 is 5.97 Å². The molecule has 20 heavy (non-hydrogen) atoms. The van der Waals surface area contributed by atoms with Gasteiger partial charge in [0.15, 0.2) is 11.5 Å². The summed E-state index contributed by atoms with van der Waals surface area (Å²) in [5, 5.41) is 9.35. The summed E-state index contributed by atoms with van der Waals surface area (Å²) in [6.07, 6.45) is 0.545. The third-order valence-electron chi connectivity index (χ3n) is 2.77. The number of aromatic carboxylic acids is 1. The molecule has 0 aliphatic carbocycles. The van der Waals surface area contributed by atoms with Crippen LogP contribution in [0.3, 0.4) is 0 Å². The Bertz CT molecular complexity index is 468. The van der Waals surface area contributed by atoms with Crippen LogP contribution in [-0.2, 0) is 6.42 Å². The Morgan fingerprint density at radius 1 is 1.00 bits per heavy atom. The van der Waals surface area contributed by atoms with E-state index in [2.05, 4.69) is 0 Å². The van der Waals surface area contributed by atoms with Crippen molar-refractivity contribution in [3.8, 4) is 17.2 Å². The van der Waals surface area contributed by atoms with Crippen molar-refractivity contribution in [3.05, 3.63) is 17.2 Å². The summed E-state index contributed by atoms with van der Waals surface area (Å²) in [4.78, 5) is 11.4. The maximum atomic E-state index is 11.4. The van der Waals surface area contributed by atoms with E-state index in [0.29, 0.717) is 49.1 Å². The quantitative estimate of drug-likeness (QED) is 0.793. The fourth-order valence-electron chi connectivity index (χ4n) is 2.04. The molecule has 0 radical (unpaired) electrons. The first kappa shape index (κ1) is 16.1. The summed E-state index contributed by atoms with van der Waals surface area (Å²) in [7, 11) is 0. The van der Waals surface area contributed by atoms with Gasteiger partial charge in [0.05, 0.1) is 25.4 Å². The van der Waals surface area contributed by atoms with Crippen LogP contribution in [0.2, 0.25) is 0 Å². The molecule has 0 aliphatic heterocycles. The summed E-state index contributed by atoms with van der Waals surface area (Å²) >= 11 is 0. The lowest BCUT2D eigenvalue weighted by molar-refractivity contribution is 0.0694. The van der Waals surface area contributed by atoms with E-state index < -0.39 is 5.97 Å². The molecule has 0 saturated heterocycles. The number of hydrogen-bond donors (Lipinski definition) is 1. The molecule has 0 bridgehead atoms. The third kappa shape index (κ3) is 3.35. The Balaban J connectivity index is 3.55. The number of hydrogen-bond acceptors (Lipinski definition) is 4. The van der Waals surface area contributed by atoms with E-state index >= 15 is 0 Å². The predicted molar refractivity (Wildman–Crippen MR) is 76.3 cm³/mol. The number of benzene rings is 1. The van der Waals surface area contributed by atoms with Crippen LogP contribution >= 0.6 is 0 Å². The summed E-state index contributed by atoms with van der Waals surface area (Å²) in [6.45, 7) is 8.75. The zero-order valence-corrected chi connectivity index (χ0v) is 12.5. The molecule has 0 aliphatic rings.